The third kappa shape index (κ3) is 3.06. The molecule has 6 heteroatoms. The average Bonchev–Trinajstić information content (AvgIpc) is 2.96. The Labute approximate surface area is 136 Å². The molecule has 0 saturated heterocycles. The van der Waals surface area contributed by atoms with E-state index in [0.29, 0.717) is 11.5 Å². The van der Waals surface area contributed by atoms with Crippen LogP contribution >= 0.6 is 0 Å². The summed E-state index contributed by atoms with van der Waals surface area (Å²) in [5, 5.41) is 8.79. The van der Waals surface area contributed by atoms with Crippen molar-refractivity contribution in [3.8, 4) is 0 Å². The fraction of sp³-hybridized carbons (Fsp3) is 0.471. The number of rotatable bonds is 4. The molecule has 3 rings (SSSR count). The van der Waals surface area contributed by atoms with E-state index >= 15 is 0 Å². The molecule has 1 aromatic heterocycles. The van der Waals surface area contributed by atoms with Crippen molar-refractivity contribution >= 4 is 17.5 Å². The van der Waals surface area contributed by atoms with Crippen LogP contribution in [0, 0.1) is 0 Å². The number of carbonyl (C=O) groups is 1. The highest BCUT2D eigenvalue weighted by molar-refractivity contribution is 5.93. The van der Waals surface area contributed by atoms with E-state index in [1.165, 1.54) is 32.1 Å². The van der Waals surface area contributed by atoms with Gasteiger partial charge >= 0.3 is 0 Å². The second kappa shape index (κ2) is 6.40. The molecule has 2 aromatic rings. The van der Waals surface area contributed by atoms with E-state index in [-0.39, 0.29) is 0 Å². The second-order valence-electron chi connectivity index (χ2n) is 6.23. The first-order valence-electron chi connectivity index (χ1n) is 8.11. The number of benzene rings is 1. The monoisotopic (exact) mass is 313 g/mol. The quantitative estimate of drug-likeness (QED) is 0.941. The number of primary amides is 1. The van der Waals surface area contributed by atoms with Gasteiger partial charge in [0.25, 0.3) is 0 Å². The number of carbonyl (C=O) groups excluding carboxylic acids is 1. The minimum absolute atomic E-state index is 0.430. The van der Waals surface area contributed by atoms with Crippen LogP contribution in [0.2, 0.25) is 0 Å². The molecule has 0 bridgehead atoms. The summed E-state index contributed by atoms with van der Waals surface area (Å²) in [4.78, 5) is 13.3. The number of hydrogen-bond acceptors (Lipinski definition) is 4. The lowest BCUT2D eigenvalue weighted by atomic mass is 9.89. The molecule has 122 valence electrons. The molecule has 1 aliphatic carbocycles. The summed E-state index contributed by atoms with van der Waals surface area (Å²) in [6.45, 7) is 0. The van der Waals surface area contributed by atoms with Crippen molar-refractivity contribution in [3.63, 3.8) is 0 Å². The summed E-state index contributed by atoms with van der Waals surface area (Å²) < 4.78 is 2.06. The normalized spacial score (nSPS) is 15.6. The largest absolute Gasteiger partial charge is 0.366 e. The van der Waals surface area contributed by atoms with Gasteiger partial charge in [-0.25, -0.2) is 0 Å². The zero-order chi connectivity index (χ0) is 16.4. The molecule has 0 unspecified atom stereocenters. The second-order valence-corrected chi connectivity index (χ2v) is 6.23. The van der Waals surface area contributed by atoms with Gasteiger partial charge in [0.1, 0.15) is 5.82 Å². The molecular formula is C17H23N5O. The summed E-state index contributed by atoms with van der Waals surface area (Å²) in [5.74, 6) is 1.89. The number of aromatic nitrogens is 3. The van der Waals surface area contributed by atoms with Gasteiger partial charge in [0.05, 0.1) is 0 Å². The highest BCUT2D eigenvalue weighted by Gasteiger charge is 2.23. The number of nitrogens with zero attached hydrogens (tertiary/aromatic N) is 4. The van der Waals surface area contributed by atoms with Crippen molar-refractivity contribution in [3.05, 3.63) is 35.7 Å². The number of nitrogens with two attached hydrogens (primary N) is 1. The SMILES string of the molecule is CN(c1cccc(C(N)=O)c1)c1nnc(C2CCCCC2)n1C. The molecule has 1 amide bonds. The van der Waals surface area contributed by atoms with Crippen LogP contribution in [0.3, 0.4) is 0 Å². The Morgan fingerprint density at radius 2 is 2.00 bits per heavy atom. The Morgan fingerprint density at radius 1 is 1.26 bits per heavy atom. The summed E-state index contributed by atoms with van der Waals surface area (Å²) >= 11 is 0. The molecule has 0 atom stereocenters. The van der Waals surface area contributed by atoms with Gasteiger partial charge in [-0.3, -0.25) is 9.36 Å². The van der Waals surface area contributed by atoms with E-state index in [9.17, 15) is 4.79 Å². The van der Waals surface area contributed by atoms with Crippen LogP contribution < -0.4 is 10.6 Å². The van der Waals surface area contributed by atoms with Crippen molar-refractivity contribution in [1.82, 2.24) is 14.8 Å². The highest BCUT2D eigenvalue weighted by Crippen LogP contribution is 2.33. The van der Waals surface area contributed by atoms with Crippen LogP contribution in [0.5, 0.6) is 0 Å². The van der Waals surface area contributed by atoms with Crippen molar-refractivity contribution in [2.75, 3.05) is 11.9 Å². The van der Waals surface area contributed by atoms with Crippen LogP contribution in [0.25, 0.3) is 0 Å². The molecule has 23 heavy (non-hydrogen) atoms. The van der Waals surface area contributed by atoms with Gasteiger partial charge in [-0.1, -0.05) is 25.3 Å². The van der Waals surface area contributed by atoms with Gasteiger partial charge in [0.15, 0.2) is 0 Å². The summed E-state index contributed by atoms with van der Waals surface area (Å²) in [6.07, 6.45) is 6.23. The van der Waals surface area contributed by atoms with Crippen molar-refractivity contribution < 1.29 is 4.79 Å². The highest BCUT2D eigenvalue weighted by atomic mass is 16.1. The molecule has 1 aliphatic rings. The molecule has 2 N–H and O–H groups in total. The van der Waals surface area contributed by atoms with E-state index in [1.54, 1.807) is 12.1 Å². The predicted octanol–water partition coefficient (Wildman–Crippen LogP) is 2.73. The molecular weight excluding hydrogens is 290 g/mol. The summed E-state index contributed by atoms with van der Waals surface area (Å²) in [5.41, 5.74) is 6.72. The van der Waals surface area contributed by atoms with Gasteiger partial charge in [-0.05, 0) is 31.0 Å². The van der Waals surface area contributed by atoms with Crippen LogP contribution in [0.4, 0.5) is 11.6 Å². The van der Waals surface area contributed by atoms with Gasteiger partial charge in [0, 0.05) is 31.3 Å². The van der Waals surface area contributed by atoms with Gasteiger partial charge in [-0.15, -0.1) is 10.2 Å². The minimum atomic E-state index is -0.430. The molecule has 6 nitrogen and oxygen atoms in total. The van der Waals surface area contributed by atoms with Crippen LogP contribution in [-0.4, -0.2) is 27.7 Å². The third-order valence-corrected chi connectivity index (χ3v) is 4.67. The maximum atomic E-state index is 11.4. The van der Waals surface area contributed by atoms with E-state index in [4.69, 9.17) is 5.73 Å². The van der Waals surface area contributed by atoms with E-state index in [0.717, 1.165) is 17.5 Å². The zero-order valence-corrected chi connectivity index (χ0v) is 13.7. The summed E-state index contributed by atoms with van der Waals surface area (Å²) in [6, 6.07) is 7.24. The Balaban J connectivity index is 1.88. The predicted molar refractivity (Wildman–Crippen MR) is 89.9 cm³/mol. The van der Waals surface area contributed by atoms with Crippen molar-refractivity contribution in [1.29, 1.82) is 0 Å². The van der Waals surface area contributed by atoms with Crippen LogP contribution in [-0.2, 0) is 7.05 Å². The molecule has 1 fully saturated rings. The van der Waals surface area contributed by atoms with E-state index < -0.39 is 5.91 Å². The number of anilines is 2. The van der Waals surface area contributed by atoms with Gasteiger partial charge in [-0.2, -0.15) is 0 Å². The average molecular weight is 313 g/mol. The van der Waals surface area contributed by atoms with Crippen LogP contribution in [0.15, 0.2) is 24.3 Å². The number of amides is 1. The van der Waals surface area contributed by atoms with Crippen LogP contribution in [0.1, 0.15) is 54.2 Å². The summed E-state index contributed by atoms with van der Waals surface area (Å²) in [7, 11) is 3.93. The van der Waals surface area contributed by atoms with Crippen molar-refractivity contribution in [2.45, 2.75) is 38.0 Å². The standard InChI is InChI=1S/C17H23N5O/c1-21(14-10-6-9-13(11-14)15(18)23)17-20-19-16(22(17)2)12-7-4-3-5-8-12/h6,9-12H,3-5,7-8H2,1-2H3,(H2,18,23). The molecule has 1 aromatic carbocycles. The molecule has 1 saturated carbocycles. The Hall–Kier alpha value is -2.37. The fourth-order valence-electron chi connectivity index (χ4n) is 3.32. The smallest absolute Gasteiger partial charge is 0.248 e. The van der Waals surface area contributed by atoms with Gasteiger partial charge < -0.3 is 10.6 Å². The van der Waals surface area contributed by atoms with Crippen molar-refractivity contribution in [2.24, 2.45) is 12.8 Å². The maximum Gasteiger partial charge on any atom is 0.248 e. The molecule has 1 heterocycles. The van der Waals surface area contributed by atoms with E-state index in [2.05, 4.69) is 14.8 Å². The lowest BCUT2D eigenvalue weighted by Crippen LogP contribution is -2.18. The maximum absolute atomic E-state index is 11.4. The fourth-order valence-corrected chi connectivity index (χ4v) is 3.32. The first-order chi connectivity index (χ1) is 11.1. The van der Waals surface area contributed by atoms with E-state index in [1.807, 2.05) is 31.1 Å². The Kier molecular flexibility index (Phi) is 4.32. The topological polar surface area (TPSA) is 77.0 Å². The first kappa shape index (κ1) is 15.5. The molecule has 0 aliphatic heterocycles. The number of hydrogen-bond donors (Lipinski definition) is 1. The third-order valence-electron chi connectivity index (χ3n) is 4.67. The Bertz CT molecular complexity index is 703. The zero-order valence-electron chi connectivity index (χ0n) is 13.7. The Morgan fingerprint density at radius 3 is 2.70 bits per heavy atom. The van der Waals surface area contributed by atoms with Gasteiger partial charge in [0.2, 0.25) is 11.9 Å². The molecule has 0 radical (unpaired) electrons. The minimum Gasteiger partial charge on any atom is -0.366 e. The lowest BCUT2D eigenvalue weighted by Gasteiger charge is -2.22. The molecule has 0 spiro atoms. The lowest BCUT2D eigenvalue weighted by molar-refractivity contribution is 0.100. The first-order valence-corrected chi connectivity index (χ1v) is 8.11.